The van der Waals surface area contributed by atoms with Crippen LogP contribution in [0.2, 0.25) is 0 Å². The monoisotopic (exact) mass is 264 g/mol. The molecule has 0 aliphatic carbocycles. The van der Waals surface area contributed by atoms with Gasteiger partial charge in [-0.2, -0.15) is 5.11 Å². The number of allylic oxidation sites excluding steroid dienone is 1. The number of carbonyl (C=O) groups is 2. The number of carboxylic acids is 1. The number of esters is 1. The van der Waals surface area contributed by atoms with E-state index in [1.54, 1.807) is 0 Å². The Kier molecular flexibility index (Phi) is 4.76. The third-order valence-electron chi connectivity index (χ3n) is 2.10. The fourth-order valence-electron chi connectivity index (χ4n) is 1.14. The van der Waals surface area contributed by atoms with E-state index in [4.69, 9.17) is 5.11 Å². The summed E-state index contributed by atoms with van der Waals surface area (Å²) in [5.74, 6) is -2.19. The summed E-state index contributed by atoms with van der Waals surface area (Å²) in [7, 11) is 1.16. The third-order valence-corrected chi connectivity index (χ3v) is 2.10. The lowest BCUT2D eigenvalue weighted by Gasteiger charge is -1.99. The van der Waals surface area contributed by atoms with Crippen LogP contribution in [0.25, 0.3) is 0 Å². The molecule has 1 aromatic rings. The van der Waals surface area contributed by atoms with E-state index < -0.39 is 11.9 Å². The lowest BCUT2D eigenvalue weighted by atomic mass is 10.2. The normalized spacial score (nSPS) is 12.1. The van der Waals surface area contributed by atoms with Crippen LogP contribution in [0.4, 0.5) is 5.69 Å². The molecule has 0 radical (unpaired) electrons. The van der Waals surface area contributed by atoms with Crippen LogP contribution in [-0.4, -0.2) is 29.3 Å². The van der Waals surface area contributed by atoms with Crippen molar-refractivity contribution in [2.75, 3.05) is 7.11 Å². The van der Waals surface area contributed by atoms with Gasteiger partial charge in [0.25, 0.3) is 0 Å². The Bertz CT molecular complexity index is 542. The molecule has 0 bridgehead atoms. The maximum atomic E-state index is 11.2. The second-order valence-corrected chi connectivity index (χ2v) is 3.48. The van der Waals surface area contributed by atoms with Crippen LogP contribution in [0.1, 0.15) is 17.3 Å². The molecule has 0 amide bonds. The summed E-state index contributed by atoms with van der Waals surface area (Å²) < 4.78 is 4.42. The molecule has 0 aliphatic rings. The van der Waals surface area contributed by atoms with Gasteiger partial charge in [0.1, 0.15) is 5.76 Å². The number of hydrogen-bond acceptors (Lipinski definition) is 6. The van der Waals surface area contributed by atoms with E-state index in [1.807, 2.05) is 0 Å². The molecule has 100 valence electrons. The van der Waals surface area contributed by atoms with Gasteiger partial charge in [-0.1, -0.05) is 0 Å². The van der Waals surface area contributed by atoms with Crippen molar-refractivity contribution < 1.29 is 24.5 Å². The Labute approximate surface area is 108 Å². The Hall–Kier alpha value is -2.70. The van der Waals surface area contributed by atoms with Gasteiger partial charge < -0.3 is 14.9 Å². The summed E-state index contributed by atoms with van der Waals surface area (Å²) in [6, 6.07) is 5.55. The third kappa shape index (κ3) is 3.91. The summed E-state index contributed by atoms with van der Waals surface area (Å²) in [6.45, 7) is 1.28. The highest BCUT2D eigenvalue weighted by atomic mass is 16.5. The van der Waals surface area contributed by atoms with E-state index in [9.17, 15) is 14.7 Å². The van der Waals surface area contributed by atoms with Crippen LogP contribution >= 0.6 is 0 Å². The molecule has 7 nitrogen and oxygen atoms in total. The first-order valence-corrected chi connectivity index (χ1v) is 5.19. The van der Waals surface area contributed by atoms with Crippen LogP contribution in [0.5, 0.6) is 0 Å². The van der Waals surface area contributed by atoms with Crippen LogP contribution < -0.4 is 0 Å². The van der Waals surface area contributed by atoms with Crippen molar-refractivity contribution in [3.8, 4) is 0 Å². The molecule has 2 N–H and O–H groups in total. The number of hydrogen-bond donors (Lipinski definition) is 2. The first-order valence-electron chi connectivity index (χ1n) is 5.19. The number of benzene rings is 1. The highest BCUT2D eigenvalue weighted by molar-refractivity contribution is 5.88. The molecular weight excluding hydrogens is 252 g/mol. The number of aliphatic hydroxyl groups excluding tert-OH is 1. The second kappa shape index (κ2) is 6.29. The number of carbonyl (C=O) groups excluding carboxylic acids is 1. The molecule has 1 rings (SSSR count). The molecule has 0 saturated carbocycles. The number of nitrogens with zero attached hydrogens (tertiary/aromatic N) is 2. The quantitative estimate of drug-likeness (QED) is 0.375. The van der Waals surface area contributed by atoms with Crippen LogP contribution in [0, 0.1) is 0 Å². The Morgan fingerprint density at radius 1 is 1.16 bits per heavy atom. The fourth-order valence-corrected chi connectivity index (χ4v) is 1.14. The Morgan fingerprint density at radius 2 is 1.74 bits per heavy atom. The highest BCUT2D eigenvalue weighted by Crippen LogP contribution is 2.16. The summed E-state index contributed by atoms with van der Waals surface area (Å²) in [4.78, 5) is 21.9. The molecule has 0 heterocycles. The first kappa shape index (κ1) is 14.4. The number of azo groups is 1. The molecule has 7 heteroatoms. The van der Waals surface area contributed by atoms with Crippen LogP contribution in [0.15, 0.2) is 46.0 Å². The zero-order valence-corrected chi connectivity index (χ0v) is 10.3. The van der Waals surface area contributed by atoms with Crippen molar-refractivity contribution in [1.29, 1.82) is 0 Å². The minimum absolute atomic E-state index is 0.112. The van der Waals surface area contributed by atoms with E-state index in [-0.39, 0.29) is 17.0 Å². The van der Waals surface area contributed by atoms with Crippen molar-refractivity contribution in [2.45, 2.75) is 6.92 Å². The number of methoxy groups -OCH3 is 1. The summed E-state index contributed by atoms with van der Waals surface area (Å²) >= 11 is 0. The van der Waals surface area contributed by atoms with Crippen molar-refractivity contribution in [3.05, 3.63) is 41.3 Å². The zero-order valence-electron chi connectivity index (χ0n) is 10.3. The zero-order chi connectivity index (χ0) is 14.4. The molecule has 0 aromatic heterocycles. The average Bonchev–Trinajstić information content (AvgIpc) is 2.38. The van der Waals surface area contributed by atoms with E-state index in [0.29, 0.717) is 5.69 Å². The number of aromatic carboxylic acids is 1. The van der Waals surface area contributed by atoms with Gasteiger partial charge in [0.15, 0.2) is 0 Å². The van der Waals surface area contributed by atoms with E-state index in [1.165, 1.54) is 31.2 Å². The lowest BCUT2D eigenvalue weighted by Crippen LogP contribution is -2.04. The van der Waals surface area contributed by atoms with Crippen molar-refractivity contribution >= 4 is 17.6 Å². The standard InChI is InChI=1S/C12H12N2O5/c1-7(15)10(12(18)19-2)14-13-9-5-3-8(4-6-9)11(16)17/h3-6,15H,1-2H3,(H,16,17)/b10-7+,14-13?. The minimum Gasteiger partial charge on any atom is -0.510 e. The SMILES string of the molecule is COC(=O)/C(N=Nc1ccc(C(=O)O)cc1)=C(/C)O. The molecular formula is C12H12N2O5. The molecule has 0 unspecified atom stereocenters. The largest absolute Gasteiger partial charge is 0.510 e. The second-order valence-electron chi connectivity index (χ2n) is 3.48. The Balaban J connectivity index is 2.94. The highest BCUT2D eigenvalue weighted by Gasteiger charge is 2.12. The van der Waals surface area contributed by atoms with Crippen molar-refractivity contribution in [1.82, 2.24) is 0 Å². The maximum Gasteiger partial charge on any atom is 0.362 e. The topological polar surface area (TPSA) is 109 Å². The van der Waals surface area contributed by atoms with Gasteiger partial charge >= 0.3 is 11.9 Å². The van der Waals surface area contributed by atoms with Crippen molar-refractivity contribution in [3.63, 3.8) is 0 Å². The molecule has 0 aliphatic heterocycles. The fraction of sp³-hybridized carbons (Fsp3) is 0.167. The number of aliphatic hydroxyl groups is 1. The predicted molar refractivity (Wildman–Crippen MR) is 65.3 cm³/mol. The van der Waals surface area contributed by atoms with Crippen LogP contribution in [-0.2, 0) is 9.53 Å². The lowest BCUT2D eigenvalue weighted by molar-refractivity contribution is -0.136. The van der Waals surface area contributed by atoms with Crippen LogP contribution in [0.3, 0.4) is 0 Å². The van der Waals surface area contributed by atoms with Gasteiger partial charge in [0.05, 0.1) is 18.4 Å². The number of carboxylic acid groups (broad SMARTS) is 1. The predicted octanol–water partition coefficient (Wildman–Crippen LogP) is 2.43. The average molecular weight is 264 g/mol. The van der Waals surface area contributed by atoms with Gasteiger partial charge in [-0.05, 0) is 31.2 Å². The summed E-state index contributed by atoms with van der Waals surface area (Å²) in [5, 5.41) is 25.3. The molecule has 1 aromatic carbocycles. The number of ether oxygens (including phenoxy) is 1. The van der Waals surface area contributed by atoms with Gasteiger partial charge in [-0.15, -0.1) is 5.11 Å². The Morgan fingerprint density at radius 3 is 2.16 bits per heavy atom. The smallest absolute Gasteiger partial charge is 0.362 e. The molecule has 0 fully saturated rings. The molecule has 0 spiro atoms. The molecule has 0 atom stereocenters. The number of rotatable bonds is 4. The van der Waals surface area contributed by atoms with Gasteiger partial charge in [-0.25, -0.2) is 9.59 Å². The summed E-state index contributed by atoms with van der Waals surface area (Å²) in [6.07, 6.45) is 0. The van der Waals surface area contributed by atoms with Gasteiger partial charge in [0, 0.05) is 0 Å². The maximum absolute atomic E-state index is 11.2. The first-order chi connectivity index (χ1) is 8.95. The van der Waals surface area contributed by atoms with E-state index >= 15 is 0 Å². The van der Waals surface area contributed by atoms with Gasteiger partial charge in [0.2, 0.25) is 5.70 Å². The van der Waals surface area contributed by atoms with Crippen molar-refractivity contribution in [2.24, 2.45) is 10.2 Å². The minimum atomic E-state index is -1.05. The van der Waals surface area contributed by atoms with E-state index in [0.717, 1.165) is 7.11 Å². The van der Waals surface area contributed by atoms with E-state index in [2.05, 4.69) is 15.0 Å². The van der Waals surface area contributed by atoms with Gasteiger partial charge in [-0.3, -0.25) is 0 Å². The molecule has 0 saturated heterocycles. The summed E-state index contributed by atoms with van der Waals surface area (Å²) in [5.41, 5.74) is 0.137. The molecule has 19 heavy (non-hydrogen) atoms.